The lowest BCUT2D eigenvalue weighted by Crippen LogP contribution is -2.03. The lowest BCUT2D eigenvalue weighted by Gasteiger charge is -2.09. The number of pyridine rings is 1. The van der Waals surface area contributed by atoms with Gasteiger partial charge in [0.2, 0.25) is 0 Å². The molecule has 108 valence electrons. The fourth-order valence-corrected chi connectivity index (χ4v) is 2.10. The summed E-state index contributed by atoms with van der Waals surface area (Å²) >= 11 is 0. The van der Waals surface area contributed by atoms with Crippen molar-refractivity contribution in [2.45, 2.75) is 13.5 Å². The molecule has 0 aliphatic rings. The van der Waals surface area contributed by atoms with Gasteiger partial charge in [0, 0.05) is 6.20 Å². The van der Waals surface area contributed by atoms with E-state index in [1.807, 2.05) is 47.9 Å². The minimum Gasteiger partial charge on any atom is -0.493 e. The summed E-state index contributed by atoms with van der Waals surface area (Å²) in [7, 11) is 1.61. The van der Waals surface area contributed by atoms with Crippen LogP contribution in [0.15, 0.2) is 36.5 Å². The first-order chi connectivity index (χ1) is 10.2. The van der Waals surface area contributed by atoms with Crippen molar-refractivity contribution in [3.05, 3.63) is 47.9 Å². The first-order valence-corrected chi connectivity index (χ1v) is 6.55. The number of para-hydroxylation sites is 2. The Bertz CT molecular complexity index is 782. The van der Waals surface area contributed by atoms with Crippen molar-refractivity contribution in [2.24, 2.45) is 0 Å². The van der Waals surface area contributed by atoms with Gasteiger partial charge in [-0.05, 0) is 30.7 Å². The Hall–Kier alpha value is -2.76. The standard InChI is InChI=1S/C15H16N4O2/c1-10-7-8-19-13(17-18-15(19)14(10)16)9-21-12-6-4-3-5-11(12)20-2/h3-8H,9,16H2,1-2H3. The van der Waals surface area contributed by atoms with E-state index >= 15 is 0 Å². The summed E-state index contributed by atoms with van der Waals surface area (Å²) in [4.78, 5) is 0. The third-order valence-corrected chi connectivity index (χ3v) is 3.33. The average molecular weight is 284 g/mol. The van der Waals surface area contributed by atoms with E-state index in [1.54, 1.807) is 7.11 Å². The SMILES string of the molecule is COc1ccccc1OCc1nnc2c(N)c(C)ccn12. The molecular formula is C15H16N4O2. The van der Waals surface area contributed by atoms with Crippen LogP contribution < -0.4 is 15.2 Å². The summed E-state index contributed by atoms with van der Waals surface area (Å²) in [5, 5.41) is 8.25. The van der Waals surface area contributed by atoms with Gasteiger partial charge in [0.15, 0.2) is 23.0 Å². The van der Waals surface area contributed by atoms with Crippen molar-refractivity contribution < 1.29 is 9.47 Å². The number of anilines is 1. The molecule has 2 heterocycles. The molecular weight excluding hydrogens is 268 g/mol. The summed E-state index contributed by atoms with van der Waals surface area (Å²) in [6.07, 6.45) is 1.89. The molecule has 0 radical (unpaired) electrons. The zero-order valence-electron chi connectivity index (χ0n) is 11.9. The van der Waals surface area contributed by atoms with Gasteiger partial charge in [-0.15, -0.1) is 10.2 Å². The fourth-order valence-electron chi connectivity index (χ4n) is 2.10. The summed E-state index contributed by atoms with van der Waals surface area (Å²) in [5.74, 6) is 2.03. The number of nitrogens with zero attached hydrogens (tertiary/aromatic N) is 3. The molecule has 3 rings (SSSR count). The number of benzene rings is 1. The van der Waals surface area contributed by atoms with Crippen molar-refractivity contribution >= 4 is 11.3 Å². The third kappa shape index (κ3) is 2.35. The largest absolute Gasteiger partial charge is 0.493 e. The average Bonchev–Trinajstić information content (AvgIpc) is 2.93. The van der Waals surface area contributed by atoms with Gasteiger partial charge in [0.1, 0.15) is 6.61 Å². The second-order valence-corrected chi connectivity index (χ2v) is 4.66. The molecule has 0 saturated heterocycles. The summed E-state index contributed by atoms with van der Waals surface area (Å²) in [6, 6.07) is 9.40. The maximum Gasteiger partial charge on any atom is 0.184 e. The fraction of sp³-hybridized carbons (Fsp3) is 0.200. The molecule has 2 N–H and O–H groups in total. The maximum atomic E-state index is 6.00. The van der Waals surface area contributed by atoms with Gasteiger partial charge in [-0.2, -0.15) is 0 Å². The van der Waals surface area contributed by atoms with E-state index in [2.05, 4.69) is 10.2 Å². The van der Waals surface area contributed by atoms with E-state index in [1.165, 1.54) is 0 Å². The van der Waals surface area contributed by atoms with Crippen molar-refractivity contribution in [1.82, 2.24) is 14.6 Å². The molecule has 0 bridgehead atoms. The molecule has 0 amide bonds. The Morgan fingerprint density at radius 1 is 1.14 bits per heavy atom. The Balaban J connectivity index is 1.87. The number of nitrogens with two attached hydrogens (primary N) is 1. The van der Waals surface area contributed by atoms with Gasteiger partial charge in [-0.25, -0.2) is 0 Å². The third-order valence-electron chi connectivity index (χ3n) is 3.33. The van der Waals surface area contributed by atoms with Crippen molar-refractivity contribution in [3.8, 4) is 11.5 Å². The van der Waals surface area contributed by atoms with E-state index in [4.69, 9.17) is 15.2 Å². The molecule has 21 heavy (non-hydrogen) atoms. The molecule has 2 aromatic heterocycles. The lowest BCUT2D eigenvalue weighted by atomic mass is 10.2. The highest BCUT2D eigenvalue weighted by atomic mass is 16.5. The molecule has 1 aromatic carbocycles. The van der Waals surface area contributed by atoms with Crippen LogP contribution in [-0.2, 0) is 6.61 Å². The van der Waals surface area contributed by atoms with Gasteiger partial charge in [-0.1, -0.05) is 12.1 Å². The highest BCUT2D eigenvalue weighted by Gasteiger charge is 2.11. The van der Waals surface area contributed by atoms with Crippen LogP contribution in [0.5, 0.6) is 11.5 Å². The maximum absolute atomic E-state index is 6.00. The van der Waals surface area contributed by atoms with E-state index < -0.39 is 0 Å². The summed E-state index contributed by atoms with van der Waals surface area (Å²) in [6.45, 7) is 2.22. The predicted molar refractivity (Wildman–Crippen MR) is 79.5 cm³/mol. The lowest BCUT2D eigenvalue weighted by molar-refractivity contribution is 0.275. The van der Waals surface area contributed by atoms with E-state index in [9.17, 15) is 0 Å². The Morgan fingerprint density at radius 2 is 1.90 bits per heavy atom. The van der Waals surface area contributed by atoms with Crippen LogP contribution in [0.2, 0.25) is 0 Å². The number of aryl methyl sites for hydroxylation is 1. The topological polar surface area (TPSA) is 74.7 Å². The Kier molecular flexibility index (Phi) is 3.35. The molecule has 6 nitrogen and oxygen atoms in total. The number of hydrogen-bond donors (Lipinski definition) is 1. The van der Waals surface area contributed by atoms with Crippen molar-refractivity contribution in [2.75, 3.05) is 12.8 Å². The predicted octanol–water partition coefficient (Wildman–Crippen LogP) is 2.21. The monoisotopic (exact) mass is 284 g/mol. The number of rotatable bonds is 4. The van der Waals surface area contributed by atoms with Crippen LogP contribution in [-0.4, -0.2) is 21.7 Å². The minimum atomic E-state index is 0.282. The normalized spacial score (nSPS) is 10.8. The molecule has 0 aliphatic heterocycles. The quantitative estimate of drug-likeness (QED) is 0.795. The Morgan fingerprint density at radius 3 is 2.67 bits per heavy atom. The van der Waals surface area contributed by atoms with Crippen LogP contribution in [0, 0.1) is 6.92 Å². The number of ether oxygens (including phenoxy) is 2. The molecule has 6 heteroatoms. The van der Waals surface area contributed by atoms with Crippen LogP contribution in [0.3, 0.4) is 0 Å². The zero-order valence-corrected chi connectivity index (χ0v) is 11.9. The Labute approximate surface area is 122 Å². The van der Waals surface area contributed by atoms with E-state index in [-0.39, 0.29) is 6.61 Å². The first-order valence-electron chi connectivity index (χ1n) is 6.55. The number of hydrogen-bond acceptors (Lipinski definition) is 5. The minimum absolute atomic E-state index is 0.282. The van der Waals surface area contributed by atoms with Gasteiger partial charge in [0.25, 0.3) is 0 Å². The highest BCUT2D eigenvalue weighted by molar-refractivity contribution is 5.68. The van der Waals surface area contributed by atoms with Gasteiger partial charge >= 0.3 is 0 Å². The zero-order chi connectivity index (χ0) is 14.8. The van der Waals surface area contributed by atoms with Crippen molar-refractivity contribution in [1.29, 1.82) is 0 Å². The molecule has 0 saturated carbocycles. The van der Waals surface area contributed by atoms with Gasteiger partial charge < -0.3 is 15.2 Å². The van der Waals surface area contributed by atoms with Gasteiger partial charge in [-0.3, -0.25) is 4.40 Å². The second kappa shape index (κ2) is 5.32. The summed E-state index contributed by atoms with van der Waals surface area (Å²) in [5.41, 5.74) is 8.26. The molecule has 0 fully saturated rings. The molecule has 0 spiro atoms. The van der Waals surface area contributed by atoms with E-state index in [0.717, 1.165) is 5.56 Å². The first kappa shape index (κ1) is 13.2. The van der Waals surface area contributed by atoms with Gasteiger partial charge in [0.05, 0.1) is 12.8 Å². The van der Waals surface area contributed by atoms with Crippen molar-refractivity contribution in [3.63, 3.8) is 0 Å². The molecule has 0 aliphatic carbocycles. The van der Waals surface area contributed by atoms with Crippen LogP contribution in [0.4, 0.5) is 5.69 Å². The summed E-state index contributed by atoms with van der Waals surface area (Å²) < 4.78 is 12.8. The van der Waals surface area contributed by atoms with Crippen LogP contribution in [0.25, 0.3) is 5.65 Å². The highest BCUT2D eigenvalue weighted by Crippen LogP contribution is 2.26. The number of fused-ring (bicyclic) bond motifs is 1. The second-order valence-electron chi connectivity index (χ2n) is 4.66. The number of methoxy groups -OCH3 is 1. The molecule has 0 atom stereocenters. The number of nitrogen functional groups attached to an aromatic ring is 1. The van der Waals surface area contributed by atoms with Crippen LogP contribution >= 0.6 is 0 Å². The molecule has 3 aromatic rings. The smallest absolute Gasteiger partial charge is 0.184 e. The van der Waals surface area contributed by atoms with Crippen LogP contribution in [0.1, 0.15) is 11.4 Å². The number of aromatic nitrogens is 3. The van der Waals surface area contributed by atoms with E-state index in [0.29, 0.717) is 28.7 Å². The molecule has 0 unspecified atom stereocenters.